The Balaban J connectivity index is 2.00. The molecule has 20 heavy (non-hydrogen) atoms. The van der Waals surface area contributed by atoms with E-state index < -0.39 is 0 Å². The average molecular weight is 287 g/mol. The molecule has 0 spiro atoms. The summed E-state index contributed by atoms with van der Waals surface area (Å²) in [6, 6.07) is 9.82. The van der Waals surface area contributed by atoms with Gasteiger partial charge in [-0.25, -0.2) is 0 Å². The molecule has 2 nitrogen and oxygen atoms in total. The van der Waals surface area contributed by atoms with Gasteiger partial charge in [0.1, 0.15) is 0 Å². The maximum Gasteiger partial charge on any atom is 0.0669 e. The highest BCUT2D eigenvalue weighted by molar-refractivity contribution is 6.30. The van der Waals surface area contributed by atoms with Crippen LogP contribution in [0, 0.1) is 0 Å². The summed E-state index contributed by atoms with van der Waals surface area (Å²) in [7, 11) is 0. The first-order valence-electron chi connectivity index (χ1n) is 7.26. The fourth-order valence-corrected chi connectivity index (χ4v) is 3.29. The quantitative estimate of drug-likeness (QED) is 0.841. The molecule has 0 bridgehead atoms. The Hall–Kier alpha value is -1.54. The van der Waals surface area contributed by atoms with Crippen molar-refractivity contribution in [2.45, 2.75) is 38.0 Å². The SMILES string of the molecule is Nc1c(-c2cccc(Cl)c2)ccnc1C1CCCCC1. The van der Waals surface area contributed by atoms with Crippen LogP contribution in [0.4, 0.5) is 5.69 Å². The molecule has 1 saturated carbocycles. The van der Waals surface area contributed by atoms with Crippen molar-refractivity contribution in [1.29, 1.82) is 0 Å². The second-order valence-electron chi connectivity index (χ2n) is 5.50. The van der Waals surface area contributed by atoms with Crippen LogP contribution in [0.15, 0.2) is 36.5 Å². The van der Waals surface area contributed by atoms with Crippen LogP contribution in [0.5, 0.6) is 0 Å². The summed E-state index contributed by atoms with van der Waals surface area (Å²) in [6.07, 6.45) is 8.19. The lowest BCUT2D eigenvalue weighted by molar-refractivity contribution is 0.438. The van der Waals surface area contributed by atoms with Crippen LogP contribution in [-0.4, -0.2) is 4.98 Å². The highest BCUT2D eigenvalue weighted by Crippen LogP contribution is 2.38. The number of nitrogens with zero attached hydrogens (tertiary/aromatic N) is 1. The zero-order valence-corrected chi connectivity index (χ0v) is 12.2. The van der Waals surface area contributed by atoms with Gasteiger partial charge in [-0.2, -0.15) is 0 Å². The topological polar surface area (TPSA) is 38.9 Å². The molecule has 1 aliphatic carbocycles. The summed E-state index contributed by atoms with van der Waals surface area (Å²) < 4.78 is 0. The van der Waals surface area contributed by atoms with Crippen molar-refractivity contribution in [3.05, 3.63) is 47.2 Å². The molecule has 1 fully saturated rings. The number of pyridine rings is 1. The normalized spacial score (nSPS) is 16.2. The maximum absolute atomic E-state index is 6.39. The van der Waals surface area contributed by atoms with Gasteiger partial charge in [-0.3, -0.25) is 4.98 Å². The Morgan fingerprint density at radius 3 is 2.65 bits per heavy atom. The van der Waals surface area contributed by atoms with Crippen molar-refractivity contribution >= 4 is 17.3 Å². The van der Waals surface area contributed by atoms with E-state index in [1.165, 1.54) is 32.1 Å². The third-order valence-electron chi connectivity index (χ3n) is 4.15. The molecule has 0 aliphatic heterocycles. The zero-order valence-electron chi connectivity index (χ0n) is 11.5. The minimum atomic E-state index is 0.517. The summed E-state index contributed by atoms with van der Waals surface area (Å²) in [4.78, 5) is 4.55. The van der Waals surface area contributed by atoms with E-state index >= 15 is 0 Å². The minimum Gasteiger partial charge on any atom is -0.397 e. The van der Waals surface area contributed by atoms with Crippen molar-refractivity contribution in [2.24, 2.45) is 0 Å². The molecule has 2 N–H and O–H groups in total. The minimum absolute atomic E-state index is 0.517. The summed E-state index contributed by atoms with van der Waals surface area (Å²) in [5.41, 5.74) is 10.4. The van der Waals surface area contributed by atoms with Gasteiger partial charge in [0, 0.05) is 22.7 Å². The fraction of sp³-hybridized carbons (Fsp3) is 0.353. The molecule has 0 radical (unpaired) electrons. The van der Waals surface area contributed by atoms with Gasteiger partial charge in [-0.1, -0.05) is 43.0 Å². The molecule has 1 aliphatic rings. The van der Waals surface area contributed by atoms with Crippen LogP contribution in [0.3, 0.4) is 0 Å². The Morgan fingerprint density at radius 2 is 1.90 bits per heavy atom. The molecule has 3 rings (SSSR count). The monoisotopic (exact) mass is 286 g/mol. The largest absolute Gasteiger partial charge is 0.397 e. The molecule has 1 heterocycles. The molecule has 0 saturated heterocycles. The lowest BCUT2D eigenvalue weighted by atomic mass is 9.85. The van der Waals surface area contributed by atoms with Gasteiger partial charge in [0.2, 0.25) is 0 Å². The number of halogens is 1. The van der Waals surface area contributed by atoms with E-state index in [2.05, 4.69) is 4.98 Å². The van der Waals surface area contributed by atoms with Gasteiger partial charge in [-0.15, -0.1) is 0 Å². The van der Waals surface area contributed by atoms with E-state index in [9.17, 15) is 0 Å². The molecule has 1 aromatic heterocycles. The molecular weight excluding hydrogens is 268 g/mol. The van der Waals surface area contributed by atoms with Gasteiger partial charge in [0.15, 0.2) is 0 Å². The smallest absolute Gasteiger partial charge is 0.0669 e. The third kappa shape index (κ3) is 2.66. The number of hydrogen-bond acceptors (Lipinski definition) is 2. The molecule has 0 amide bonds. The molecule has 0 atom stereocenters. The van der Waals surface area contributed by atoms with Gasteiger partial charge in [0.25, 0.3) is 0 Å². The highest BCUT2D eigenvalue weighted by atomic mass is 35.5. The summed E-state index contributed by atoms with van der Waals surface area (Å²) in [5, 5.41) is 0.734. The molecule has 2 aromatic rings. The summed E-state index contributed by atoms with van der Waals surface area (Å²) in [6.45, 7) is 0. The van der Waals surface area contributed by atoms with Gasteiger partial charge >= 0.3 is 0 Å². The van der Waals surface area contributed by atoms with Crippen LogP contribution < -0.4 is 5.73 Å². The molecule has 1 aromatic carbocycles. The van der Waals surface area contributed by atoms with E-state index in [4.69, 9.17) is 17.3 Å². The molecule has 3 heteroatoms. The van der Waals surface area contributed by atoms with E-state index in [1.54, 1.807) is 0 Å². The summed E-state index contributed by atoms with van der Waals surface area (Å²) >= 11 is 6.08. The van der Waals surface area contributed by atoms with Gasteiger partial charge in [0.05, 0.1) is 11.4 Å². The Morgan fingerprint density at radius 1 is 1.10 bits per heavy atom. The first kappa shape index (κ1) is 13.4. The number of rotatable bonds is 2. The summed E-state index contributed by atoms with van der Waals surface area (Å²) in [5.74, 6) is 0.517. The zero-order chi connectivity index (χ0) is 13.9. The van der Waals surface area contributed by atoms with Crippen LogP contribution in [0.2, 0.25) is 5.02 Å². The second-order valence-corrected chi connectivity index (χ2v) is 5.94. The number of nitrogens with two attached hydrogens (primary N) is 1. The second kappa shape index (κ2) is 5.84. The van der Waals surface area contributed by atoms with Gasteiger partial charge < -0.3 is 5.73 Å². The maximum atomic E-state index is 6.39. The molecule has 104 valence electrons. The Bertz CT molecular complexity index is 604. The van der Waals surface area contributed by atoms with Crippen molar-refractivity contribution in [1.82, 2.24) is 4.98 Å². The van der Waals surface area contributed by atoms with E-state index in [1.807, 2.05) is 36.5 Å². The standard InChI is InChI=1S/C17H19ClN2/c18-14-8-4-7-13(11-14)15-9-10-20-17(16(15)19)12-5-2-1-3-6-12/h4,7-12H,1-3,5-6,19H2. The van der Waals surface area contributed by atoms with Crippen molar-refractivity contribution in [2.75, 3.05) is 5.73 Å². The number of anilines is 1. The lowest BCUT2D eigenvalue weighted by Crippen LogP contribution is -2.10. The predicted octanol–water partition coefficient (Wildman–Crippen LogP) is 5.03. The van der Waals surface area contributed by atoms with E-state index in [0.717, 1.165) is 27.5 Å². The highest BCUT2D eigenvalue weighted by Gasteiger charge is 2.20. The third-order valence-corrected chi connectivity index (χ3v) is 4.38. The van der Waals surface area contributed by atoms with E-state index in [-0.39, 0.29) is 0 Å². The van der Waals surface area contributed by atoms with E-state index in [0.29, 0.717) is 5.92 Å². The van der Waals surface area contributed by atoms with Crippen LogP contribution in [0.1, 0.15) is 43.7 Å². The van der Waals surface area contributed by atoms with Crippen LogP contribution in [0.25, 0.3) is 11.1 Å². The van der Waals surface area contributed by atoms with Crippen LogP contribution >= 0.6 is 11.6 Å². The van der Waals surface area contributed by atoms with Crippen molar-refractivity contribution in [3.63, 3.8) is 0 Å². The first-order chi connectivity index (χ1) is 9.75. The number of benzene rings is 1. The van der Waals surface area contributed by atoms with Crippen LogP contribution in [-0.2, 0) is 0 Å². The van der Waals surface area contributed by atoms with Gasteiger partial charge in [-0.05, 0) is 36.6 Å². The van der Waals surface area contributed by atoms with Crippen molar-refractivity contribution < 1.29 is 0 Å². The Kier molecular flexibility index (Phi) is 3.93. The fourth-order valence-electron chi connectivity index (χ4n) is 3.10. The number of nitrogen functional groups attached to an aromatic ring is 1. The van der Waals surface area contributed by atoms with Crippen molar-refractivity contribution in [3.8, 4) is 11.1 Å². The Labute approximate surface area is 125 Å². The first-order valence-corrected chi connectivity index (χ1v) is 7.64. The number of aromatic nitrogens is 1. The molecule has 0 unspecified atom stereocenters. The number of hydrogen-bond donors (Lipinski definition) is 1. The molecular formula is C17H19ClN2. The average Bonchev–Trinajstić information content (AvgIpc) is 2.48. The lowest BCUT2D eigenvalue weighted by Gasteiger charge is -2.23. The predicted molar refractivity (Wildman–Crippen MR) is 84.9 cm³/mol.